The molecule has 110 valence electrons. The van der Waals surface area contributed by atoms with Crippen LogP contribution in [-0.2, 0) is 0 Å². The van der Waals surface area contributed by atoms with Crippen LogP contribution in [0.1, 0.15) is 39.5 Å². The molecule has 0 unspecified atom stereocenters. The highest BCUT2D eigenvalue weighted by molar-refractivity contribution is 8.76. The monoisotopic (exact) mass is 326 g/mol. The minimum Gasteiger partial charge on any atom is -0.241 e. The number of fused-ring (bicyclic) bond motifs is 1. The minimum absolute atomic E-state index is 1.12. The zero-order valence-electron chi connectivity index (χ0n) is 12.2. The summed E-state index contributed by atoms with van der Waals surface area (Å²) in [6.07, 6.45) is 5.07. The van der Waals surface area contributed by atoms with E-state index >= 15 is 0 Å². The van der Waals surface area contributed by atoms with Crippen molar-refractivity contribution < 1.29 is 0 Å². The van der Waals surface area contributed by atoms with Gasteiger partial charge in [0.1, 0.15) is 0 Å². The van der Waals surface area contributed by atoms with Crippen LogP contribution in [0, 0.1) is 0 Å². The molecule has 2 aromatic rings. The maximum Gasteiger partial charge on any atom is 0.162 e. The van der Waals surface area contributed by atoms with Gasteiger partial charge in [0.2, 0.25) is 0 Å². The molecule has 0 radical (unpaired) electrons. The number of aromatic nitrogens is 1. The molecule has 1 aromatic carbocycles. The SMILES string of the molecule is CCCCN(CCCC)SSc1nc2ccccc2s1. The smallest absolute Gasteiger partial charge is 0.162 e. The first-order chi connectivity index (χ1) is 9.83. The standard InChI is InChI=1S/C15H22N2S3/c1-3-5-11-17(12-6-4-2)20-19-15-16-13-9-7-8-10-14(13)18-15/h7-10H,3-6,11-12H2,1-2H3. The van der Waals surface area contributed by atoms with Gasteiger partial charge in [0.05, 0.1) is 10.2 Å². The minimum atomic E-state index is 1.12. The summed E-state index contributed by atoms with van der Waals surface area (Å²) in [7, 11) is 3.67. The molecule has 0 spiro atoms. The molecular formula is C15H22N2S3. The van der Waals surface area contributed by atoms with Crippen LogP contribution in [0.3, 0.4) is 0 Å². The zero-order chi connectivity index (χ0) is 14.2. The number of thiazole rings is 1. The maximum atomic E-state index is 4.68. The fourth-order valence-electron chi connectivity index (χ4n) is 1.83. The first-order valence-electron chi connectivity index (χ1n) is 7.28. The van der Waals surface area contributed by atoms with Crippen molar-refractivity contribution in [1.82, 2.24) is 9.29 Å². The molecule has 0 fully saturated rings. The lowest BCUT2D eigenvalue weighted by atomic mass is 10.3. The molecule has 0 amide bonds. The van der Waals surface area contributed by atoms with Crippen LogP contribution >= 0.6 is 33.1 Å². The van der Waals surface area contributed by atoms with Crippen molar-refractivity contribution in [1.29, 1.82) is 0 Å². The number of para-hydroxylation sites is 1. The first kappa shape index (κ1) is 16.1. The Morgan fingerprint density at radius 2 is 1.80 bits per heavy atom. The Balaban J connectivity index is 1.89. The van der Waals surface area contributed by atoms with E-state index < -0.39 is 0 Å². The summed E-state index contributed by atoms with van der Waals surface area (Å²) in [4.78, 5) is 4.68. The molecule has 0 saturated carbocycles. The van der Waals surface area contributed by atoms with Gasteiger partial charge in [-0.2, -0.15) is 0 Å². The molecular weight excluding hydrogens is 304 g/mol. The lowest BCUT2D eigenvalue weighted by molar-refractivity contribution is 0.448. The second-order valence-corrected chi connectivity index (χ2v) is 8.20. The molecule has 0 bridgehead atoms. The number of hydrogen-bond acceptors (Lipinski definition) is 5. The van der Waals surface area contributed by atoms with E-state index in [9.17, 15) is 0 Å². The van der Waals surface area contributed by atoms with E-state index in [1.807, 2.05) is 11.0 Å². The molecule has 1 aromatic heterocycles. The quantitative estimate of drug-likeness (QED) is 0.424. The fourth-order valence-corrected chi connectivity index (χ4v) is 5.29. The number of benzene rings is 1. The van der Waals surface area contributed by atoms with Crippen molar-refractivity contribution in [3.63, 3.8) is 0 Å². The van der Waals surface area contributed by atoms with Gasteiger partial charge in [-0.3, -0.25) is 0 Å². The van der Waals surface area contributed by atoms with Crippen LogP contribution in [0.2, 0.25) is 0 Å². The highest BCUT2D eigenvalue weighted by atomic mass is 33.1. The Morgan fingerprint density at radius 1 is 1.10 bits per heavy atom. The van der Waals surface area contributed by atoms with Crippen molar-refractivity contribution in [3.8, 4) is 0 Å². The summed E-state index contributed by atoms with van der Waals surface area (Å²) in [5.41, 5.74) is 1.12. The molecule has 0 N–H and O–H groups in total. The summed E-state index contributed by atoms with van der Waals surface area (Å²) in [5.74, 6) is 0. The van der Waals surface area contributed by atoms with Crippen LogP contribution in [0.4, 0.5) is 0 Å². The molecule has 2 rings (SSSR count). The van der Waals surface area contributed by atoms with Crippen LogP contribution in [0.25, 0.3) is 10.2 Å². The first-order valence-corrected chi connectivity index (χ1v) is 10.2. The largest absolute Gasteiger partial charge is 0.241 e. The average molecular weight is 327 g/mol. The summed E-state index contributed by atoms with van der Waals surface area (Å²) >= 11 is 1.79. The van der Waals surface area contributed by atoms with E-state index in [2.05, 4.69) is 47.4 Å². The predicted octanol–water partition coefficient (Wildman–Crippen LogP) is 5.85. The lowest BCUT2D eigenvalue weighted by Crippen LogP contribution is -2.17. The van der Waals surface area contributed by atoms with Gasteiger partial charge in [-0.05, 0) is 46.7 Å². The molecule has 5 heteroatoms. The van der Waals surface area contributed by atoms with Crippen LogP contribution in [0.15, 0.2) is 28.6 Å². The number of unbranched alkanes of at least 4 members (excludes halogenated alkanes) is 2. The Bertz CT molecular complexity index is 472. The van der Waals surface area contributed by atoms with Crippen LogP contribution < -0.4 is 0 Å². The normalized spacial score (nSPS) is 11.6. The highest BCUT2D eigenvalue weighted by Gasteiger charge is 2.09. The second kappa shape index (κ2) is 8.93. The number of nitrogens with zero attached hydrogens (tertiary/aromatic N) is 2. The van der Waals surface area contributed by atoms with Gasteiger partial charge < -0.3 is 0 Å². The third-order valence-electron chi connectivity index (χ3n) is 3.01. The summed E-state index contributed by atoms with van der Waals surface area (Å²) < 4.78 is 4.93. The van der Waals surface area contributed by atoms with Gasteiger partial charge in [0.25, 0.3) is 0 Å². The van der Waals surface area contributed by atoms with Crippen LogP contribution in [0.5, 0.6) is 0 Å². The second-order valence-electron chi connectivity index (χ2n) is 4.74. The van der Waals surface area contributed by atoms with Crippen LogP contribution in [-0.4, -0.2) is 22.4 Å². The van der Waals surface area contributed by atoms with Crippen molar-refractivity contribution >= 4 is 43.3 Å². The average Bonchev–Trinajstić information content (AvgIpc) is 2.89. The van der Waals surface area contributed by atoms with E-state index in [0.29, 0.717) is 0 Å². The molecule has 1 heterocycles. The Hall–Kier alpha value is -0.230. The third kappa shape index (κ3) is 4.95. The number of hydrogen-bond donors (Lipinski definition) is 0. The Labute approximate surface area is 133 Å². The van der Waals surface area contributed by atoms with Gasteiger partial charge in [-0.15, -0.1) is 11.3 Å². The molecule has 0 aliphatic heterocycles. The zero-order valence-corrected chi connectivity index (χ0v) is 14.6. The Kier molecular flexibility index (Phi) is 7.21. The maximum absolute atomic E-state index is 4.68. The van der Waals surface area contributed by atoms with Gasteiger partial charge in [0.15, 0.2) is 4.34 Å². The lowest BCUT2D eigenvalue weighted by Gasteiger charge is -2.18. The molecule has 0 saturated heterocycles. The molecule has 20 heavy (non-hydrogen) atoms. The number of rotatable bonds is 9. The van der Waals surface area contributed by atoms with Gasteiger partial charge in [-0.25, -0.2) is 9.29 Å². The van der Waals surface area contributed by atoms with E-state index in [-0.39, 0.29) is 0 Å². The summed E-state index contributed by atoms with van der Waals surface area (Å²) in [6, 6.07) is 8.37. The highest BCUT2D eigenvalue weighted by Crippen LogP contribution is 2.38. The van der Waals surface area contributed by atoms with Crippen molar-refractivity contribution in [2.75, 3.05) is 13.1 Å². The van der Waals surface area contributed by atoms with Crippen molar-refractivity contribution in [2.24, 2.45) is 0 Å². The molecule has 2 nitrogen and oxygen atoms in total. The summed E-state index contributed by atoms with van der Waals surface area (Å²) in [5, 5.41) is 0. The van der Waals surface area contributed by atoms with Gasteiger partial charge >= 0.3 is 0 Å². The van der Waals surface area contributed by atoms with E-state index in [4.69, 9.17) is 0 Å². The Morgan fingerprint density at radius 3 is 2.45 bits per heavy atom. The van der Waals surface area contributed by atoms with Crippen molar-refractivity contribution in [3.05, 3.63) is 24.3 Å². The molecule has 0 aliphatic carbocycles. The molecule has 0 aliphatic rings. The third-order valence-corrected chi connectivity index (χ3v) is 6.87. The van der Waals surface area contributed by atoms with E-state index in [1.165, 1.54) is 43.5 Å². The van der Waals surface area contributed by atoms with Gasteiger partial charge in [-0.1, -0.05) is 38.8 Å². The van der Waals surface area contributed by atoms with Crippen molar-refractivity contribution in [2.45, 2.75) is 43.9 Å². The fraction of sp³-hybridized carbons (Fsp3) is 0.533. The summed E-state index contributed by atoms with van der Waals surface area (Å²) in [6.45, 7) is 6.87. The van der Waals surface area contributed by atoms with E-state index in [1.54, 1.807) is 22.1 Å². The predicted molar refractivity (Wildman–Crippen MR) is 94.5 cm³/mol. The van der Waals surface area contributed by atoms with E-state index in [0.717, 1.165) is 9.86 Å². The topological polar surface area (TPSA) is 16.1 Å². The van der Waals surface area contributed by atoms with Gasteiger partial charge in [0, 0.05) is 13.1 Å². The molecule has 0 atom stereocenters.